The van der Waals surface area contributed by atoms with Gasteiger partial charge in [0.25, 0.3) is 0 Å². The van der Waals surface area contributed by atoms with Gasteiger partial charge < -0.3 is 5.32 Å². The van der Waals surface area contributed by atoms with Crippen molar-refractivity contribution in [2.24, 2.45) is 0 Å². The zero-order chi connectivity index (χ0) is 9.90. The van der Waals surface area contributed by atoms with Crippen molar-refractivity contribution in [2.45, 2.75) is 19.4 Å². The molecule has 0 aliphatic rings. The zero-order valence-electron chi connectivity index (χ0n) is 7.50. The fourth-order valence-corrected chi connectivity index (χ4v) is 1.75. The van der Waals surface area contributed by atoms with E-state index in [1.807, 2.05) is 19.2 Å². The molecule has 1 N–H and O–H groups in total. The average Bonchev–Trinajstić information content (AvgIpc) is 2.55. The number of halogens is 1. The van der Waals surface area contributed by atoms with Crippen LogP contribution in [-0.2, 0) is 10.3 Å². The molecule has 1 amide bonds. The molecule has 0 atom stereocenters. The Morgan fingerprint density at radius 1 is 1.77 bits per heavy atom. The first-order valence-corrected chi connectivity index (χ1v) is 5.24. The van der Waals surface area contributed by atoms with Crippen molar-refractivity contribution in [3.05, 3.63) is 16.6 Å². The summed E-state index contributed by atoms with van der Waals surface area (Å²) in [5, 5.41) is 5.54. The minimum absolute atomic E-state index is 0.0190. The molecule has 3 nitrogen and oxygen atoms in total. The average molecular weight is 219 g/mol. The normalized spacial score (nSPS) is 11.3. The lowest BCUT2D eigenvalue weighted by atomic mass is 10.1. The Balaban J connectivity index is 2.72. The van der Waals surface area contributed by atoms with E-state index in [9.17, 15) is 4.79 Å². The second-order valence-corrected chi connectivity index (χ2v) is 4.31. The summed E-state index contributed by atoms with van der Waals surface area (Å²) in [4.78, 5) is 15.2. The quantitative estimate of drug-likeness (QED) is 0.786. The van der Waals surface area contributed by atoms with Crippen LogP contribution >= 0.6 is 22.9 Å². The smallest absolute Gasteiger partial charge is 0.235 e. The minimum Gasteiger partial charge on any atom is -0.344 e. The monoisotopic (exact) mass is 218 g/mol. The van der Waals surface area contributed by atoms with Gasteiger partial charge in [-0.2, -0.15) is 0 Å². The molecule has 13 heavy (non-hydrogen) atoms. The maximum Gasteiger partial charge on any atom is 0.235 e. The second kappa shape index (κ2) is 4.07. The van der Waals surface area contributed by atoms with E-state index < -0.39 is 5.54 Å². The molecule has 0 spiro atoms. The number of nitrogens with zero attached hydrogens (tertiary/aromatic N) is 1. The molecule has 5 heteroatoms. The molecule has 1 aromatic heterocycles. The zero-order valence-corrected chi connectivity index (χ0v) is 9.08. The highest BCUT2D eigenvalue weighted by atomic mass is 35.5. The molecule has 1 heterocycles. The van der Waals surface area contributed by atoms with Crippen LogP contribution < -0.4 is 5.32 Å². The number of amides is 1. The second-order valence-electron chi connectivity index (χ2n) is 3.14. The number of carbonyl (C=O) groups excluding carboxylic acids is 1. The van der Waals surface area contributed by atoms with Crippen LogP contribution in [0.25, 0.3) is 0 Å². The number of nitrogens with one attached hydrogen (secondary N) is 1. The van der Waals surface area contributed by atoms with Crippen molar-refractivity contribution >= 4 is 28.8 Å². The molecule has 0 saturated heterocycles. The SMILES string of the molecule is CC(C)(NC(=O)CCl)c1nccs1. The van der Waals surface area contributed by atoms with Crippen LogP contribution in [0.3, 0.4) is 0 Å². The van der Waals surface area contributed by atoms with Gasteiger partial charge in [-0.1, -0.05) is 0 Å². The van der Waals surface area contributed by atoms with Crippen molar-refractivity contribution in [1.29, 1.82) is 0 Å². The van der Waals surface area contributed by atoms with Gasteiger partial charge in [-0.3, -0.25) is 4.79 Å². The summed E-state index contributed by atoms with van der Waals surface area (Å²) in [7, 11) is 0. The molecule has 1 aromatic rings. The van der Waals surface area contributed by atoms with Crippen LogP contribution in [0.15, 0.2) is 11.6 Å². The Morgan fingerprint density at radius 3 is 2.92 bits per heavy atom. The summed E-state index contributed by atoms with van der Waals surface area (Å²) >= 11 is 6.90. The number of carbonyl (C=O) groups is 1. The predicted octanol–water partition coefficient (Wildman–Crippen LogP) is 1.73. The fraction of sp³-hybridized carbons (Fsp3) is 0.500. The molecule has 0 aromatic carbocycles. The lowest BCUT2D eigenvalue weighted by molar-refractivity contribution is -0.120. The lowest BCUT2D eigenvalue weighted by Gasteiger charge is -2.23. The summed E-state index contributed by atoms with van der Waals surface area (Å²) in [5.41, 5.74) is -0.430. The Bertz CT molecular complexity index is 284. The van der Waals surface area contributed by atoms with Gasteiger partial charge >= 0.3 is 0 Å². The van der Waals surface area contributed by atoms with Gasteiger partial charge in [0.15, 0.2) is 0 Å². The third-order valence-corrected chi connectivity index (χ3v) is 2.88. The van der Waals surface area contributed by atoms with Crippen molar-refractivity contribution in [2.75, 3.05) is 5.88 Å². The van der Waals surface area contributed by atoms with Crippen LogP contribution in [-0.4, -0.2) is 16.8 Å². The first kappa shape index (κ1) is 10.5. The minimum atomic E-state index is -0.430. The van der Waals surface area contributed by atoms with Gasteiger partial charge in [0.05, 0.1) is 5.54 Å². The van der Waals surface area contributed by atoms with Crippen LogP contribution in [0.5, 0.6) is 0 Å². The van der Waals surface area contributed by atoms with E-state index in [1.54, 1.807) is 6.20 Å². The van der Waals surface area contributed by atoms with E-state index in [2.05, 4.69) is 10.3 Å². The van der Waals surface area contributed by atoms with E-state index in [0.29, 0.717) is 0 Å². The summed E-state index contributed by atoms with van der Waals surface area (Å²) < 4.78 is 0. The Morgan fingerprint density at radius 2 is 2.46 bits per heavy atom. The van der Waals surface area contributed by atoms with Crippen molar-refractivity contribution in [3.63, 3.8) is 0 Å². The standard InChI is InChI=1S/C8H11ClN2OS/c1-8(2,11-6(12)5-9)7-10-3-4-13-7/h3-4H,5H2,1-2H3,(H,11,12). The van der Waals surface area contributed by atoms with Crippen LogP contribution in [0.4, 0.5) is 0 Å². The van der Waals surface area contributed by atoms with E-state index in [4.69, 9.17) is 11.6 Å². The third-order valence-electron chi connectivity index (χ3n) is 1.54. The van der Waals surface area contributed by atoms with Gasteiger partial charge in [-0.15, -0.1) is 22.9 Å². The number of hydrogen-bond donors (Lipinski definition) is 1. The Kier molecular flexibility index (Phi) is 3.27. The lowest BCUT2D eigenvalue weighted by Crippen LogP contribution is -2.41. The molecule has 0 aliphatic heterocycles. The van der Waals surface area contributed by atoms with Crippen molar-refractivity contribution in [1.82, 2.24) is 10.3 Å². The summed E-state index contributed by atoms with van der Waals surface area (Å²) in [5.74, 6) is -0.198. The van der Waals surface area contributed by atoms with E-state index >= 15 is 0 Å². The Hall–Kier alpha value is -0.610. The first-order chi connectivity index (χ1) is 6.06. The summed E-state index contributed by atoms with van der Waals surface area (Å²) in [6, 6.07) is 0. The topological polar surface area (TPSA) is 42.0 Å². The van der Waals surface area contributed by atoms with Gasteiger partial charge in [0, 0.05) is 11.6 Å². The molecule has 0 radical (unpaired) electrons. The molecular formula is C8H11ClN2OS. The van der Waals surface area contributed by atoms with Crippen molar-refractivity contribution in [3.8, 4) is 0 Å². The highest BCUT2D eigenvalue weighted by molar-refractivity contribution is 7.09. The largest absolute Gasteiger partial charge is 0.344 e. The number of thiazole rings is 1. The van der Waals surface area contributed by atoms with Gasteiger partial charge in [0.2, 0.25) is 5.91 Å². The van der Waals surface area contributed by atoms with Gasteiger partial charge in [-0.25, -0.2) is 4.98 Å². The highest BCUT2D eigenvalue weighted by Crippen LogP contribution is 2.21. The summed E-state index contributed by atoms with van der Waals surface area (Å²) in [6.07, 6.45) is 1.72. The van der Waals surface area contributed by atoms with E-state index in [-0.39, 0.29) is 11.8 Å². The number of alkyl halides is 1. The molecule has 0 aliphatic carbocycles. The number of hydrogen-bond acceptors (Lipinski definition) is 3. The molecule has 0 unspecified atom stereocenters. The molecule has 0 fully saturated rings. The fourth-order valence-electron chi connectivity index (χ4n) is 0.968. The molecule has 1 rings (SSSR count). The van der Waals surface area contributed by atoms with E-state index in [1.165, 1.54) is 11.3 Å². The maximum absolute atomic E-state index is 11.1. The van der Waals surface area contributed by atoms with Crippen LogP contribution in [0.2, 0.25) is 0 Å². The third kappa shape index (κ3) is 2.67. The van der Waals surface area contributed by atoms with Crippen molar-refractivity contribution < 1.29 is 4.79 Å². The summed E-state index contributed by atoms with van der Waals surface area (Å²) in [6.45, 7) is 3.80. The number of aromatic nitrogens is 1. The first-order valence-electron chi connectivity index (χ1n) is 3.83. The number of rotatable bonds is 3. The molecule has 0 saturated carbocycles. The van der Waals surface area contributed by atoms with Gasteiger partial charge in [0.1, 0.15) is 10.9 Å². The maximum atomic E-state index is 11.1. The molecular weight excluding hydrogens is 208 g/mol. The Labute approximate surface area is 86.1 Å². The predicted molar refractivity (Wildman–Crippen MR) is 54.0 cm³/mol. The van der Waals surface area contributed by atoms with Gasteiger partial charge in [-0.05, 0) is 13.8 Å². The van der Waals surface area contributed by atoms with Crippen LogP contribution in [0.1, 0.15) is 18.9 Å². The van der Waals surface area contributed by atoms with Crippen LogP contribution in [0, 0.1) is 0 Å². The highest BCUT2D eigenvalue weighted by Gasteiger charge is 2.24. The molecule has 72 valence electrons. The molecule has 0 bridgehead atoms. The van der Waals surface area contributed by atoms with E-state index in [0.717, 1.165) is 5.01 Å².